The van der Waals surface area contributed by atoms with Crippen molar-refractivity contribution in [1.29, 1.82) is 0 Å². The Hall–Kier alpha value is -0.480. The molecule has 0 saturated heterocycles. The highest BCUT2D eigenvalue weighted by Crippen LogP contribution is 2.17. The summed E-state index contributed by atoms with van der Waals surface area (Å²) in [5, 5.41) is 11.7. The molecule has 10 heavy (non-hydrogen) atoms. The number of halogens is 1. The molecule has 0 atom stereocenters. The third-order valence-corrected chi connectivity index (χ3v) is 2.03. The van der Waals surface area contributed by atoms with Crippen molar-refractivity contribution in [3.63, 3.8) is 0 Å². The van der Waals surface area contributed by atoms with Gasteiger partial charge in [-0.3, -0.25) is 0 Å². The molecule has 0 aromatic carbocycles. The highest BCUT2D eigenvalue weighted by atomic mass is 79.9. The number of nitrogens with two attached hydrogens (primary N) is 1. The summed E-state index contributed by atoms with van der Waals surface area (Å²) >= 11 is 3.24. The van der Waals surface area contributed by atoms with Gasteiger partial charge >= 0.3 is 0 Å². The predicted octanol–water partition coefficient (Wildman–Crippen LogP) is 0.0310. The van der Waals surface area contributed by atoms with Crippen LogP contribution < -0.4 is 11.1 Å². The van der Waals surface area contributed by atoms with Crippen molar-refractivity contribution in [2.75, 3.05) is 13.2 Å². The minimum Gasteiger partial charge on any atom is -0.398 e. The van der Waals surface area contributed by atoms with Gasteiger partial charge in [0.05, 0.1) is 16.8 Å². The zero-order valence-electron chi connectivity index (χ0n) is 5.39. The van der Waals surface area contributed by atoms with Crippen molar-refractivity contribution in [3.8, 4) is 0 Å². The second kappa shape index (κ2) is 3.07. The molecule has 1 rings (SSSR count). The lowest BCUT2D eigenvalue weighted by atomic mass is 10.2. The molecule has 0 aliphatic carbocycles. The summed E-state index contributed by atoms with van der Waals surface area (Å²) in [5.41, 5.74) is 7.07. The molecule has 0 saturated carbocycles. The van der Waals surface area contributed by atoms with Crippen molar-refractivity contribution in [2.24, 2.45) is 5.73 Å². The van der Waals surface area contributed by atoms with Crippen LogP contribution in [0, 0.1) is 0 Å². The maximum atomic E-state index is 8.75. The van der Waals surface area contributed by atoms with E-state index in [2.05, 4.69) is 21.2 Å². The summed E-state index contributed by atoms with van der Waals surface area (Å²) in [7, 11) is 0. The molecule has 1 aliphatic rings. The van der Waals surface area contributed by atoms with E-state index in [1.165, 1.54) is 0 Å². The molecule has 0 bridgehead atoms. The molecule has 4 heteroatoms. The third-order valence-electron chi connectivity index (χ3n) is 1.37. The Bertz CT molecular complexity index is 198. The van der Waals surface area contributed by atoms with E-state index in [1.54, 1.807) is 6.20 Å². The number of aliphatic hydroxyl groups excluding tert-OH is 1. The molecule has 0 unspecified atom stereocenters. The lowest BCUT2D eigenvalue weighted by Gasteiger charge is -2.14. The molecule has 4 N–H and O–H groups in total. The molecule has 1 heterocycles. The third kappa shape index (κ3) is 1.33. The number of hydrogen-bond donors (Lipinski definition) is 3. The molecule has 0 amide bonds. The quantitative estimate of drug-likeness (QED) is 0.566. The Morgan fingerprint density at radius 3 is 3.00 bits per heavy atom. The fraction of sp³-hybridized carbons (Fsp3) is 0.333. The summed E-state index contributed by atoms with van der Waals surface area (Å²) in [6.07, 6.45) is 1.77. The highest BCUT2D eigenvalue weighted by molar-refractivity contribution is 9.12. The van der Waals surface area contributed by atoms with Gasteiger partial charge in [-0.25, -0.2) is 0 Å². The molecular formula is C6H9BrN2O. The number of rotatable bonds is 1. The summed E-state index contributed by atoms with van der Waals surface area (Å²) in [6.45, 7) is 0.652. The first-order chi connectivity index (χ1) is 4.75. The summed E-state index contributed by atoms with van der Waals surface area (Å²) in [4.78, 5) is 0. The molecule has 3 nitrogen and oxygen atoms in total. The Labute approximate surface area is 67.7 Å². The van der Waals surface area contributed by atoms with E-state index in [0.717, 1.165) is 10.1 Å². The Morgan fingerprint density at radius 2 is 2.50 bits per heavy atom. The average molecular weight is 205 g/mol. The first kappa shape index (κ1) is 7.63. The number of aliphatic hydroxyl groups is 1. The Balaban J connectivity index is 2.85. The van der Waals surface area contributed by atoms with Crippen LogP contribution in [-0.2, 0) is 0 Å². The van der Waals surface area contributed by atoms with Gasteiger partial charge in [-0.1, -0.05) is 0 Å². The van der Waals surface area contributed by atoms with E-state index in [-0.39, 0.29) is 6.61 Å². The molecule has 0 radical (unpaired) electrons. The van der Waals surface area contributed by atoms with Gasteiger partial charge in [-0.05, 0) is 21.5 Å². The Morgan fingerprint density at radius 1 is 1.80 bits per heavy atom. The lowest BCUT2D eigenvalue weighted by Crippen LogP contribution is -2.22. The standard InChI is InChI=1S/C6H9BrN2O/c7-5-2-9-1-4(3-10)6(5)8/h2,9-10H,1,3,8H2. The van der Waals surface area contributed by atoms with Crippen LogP contribution in [0.3, 0.4) is 0 Å². The topological polar surface area (TPSA) is 58.3 Å². The largest absolute Gasteiger partial charge is 0.398 e. The maximum absolute atomic E-state index is 8.75. The first-order valence-corrected chi connectivity index (χ1v) is 3.72. The van der Waals surface area contributed by atoms with Crippen LogP contribution in [0.25, 0.3) is 0 Å². The number of nitrogens with one attached hydrogen (secondary N) is 1. The fourth-order valence-electron chi connectivity index (χ4n) is 0.747. The van der Waals surface area contributed by atoms with Crippen molar-refractivity contribution >= 4 is 15.9 Å². The highest BCUT2D eigenvalue weighted by Gasteiger charge is 2.08. The normalized spacial score (nSPS) is 18.4. The van der Waals surface area contributed by atoms with Crippen LogP contribution in [0.2, 0.25) is 0 Å². The number of allylic oxidation sites excluding steroid dienone is 1. The van der Waals surface area contributed by atoms with Gasteiger partial charge in [0.2, 0.25) is 0 Å². The van der Waals surface area contributed by atoms with Crippen LogP contribution in [0.4, 0.5) is 0 Å². The minimum atomic E-state index is 0.0156. The molecule has 0 aromatic rings. The van der Waals surface area contributed by atoms with Crippen molar-refractivity contribution < 1.29 is 5.11 Å². The van der Waals surface area contributed by atoms with Gasteiger partial charge in [-0.15, -0.1) is 0 Å². The number of dihydropyridines is 1. The van der Waals surface area contributed by atoms with Crippen molar-refractivity contribution in [2.45, 2.75) is 0 Å². The molecular weight excluding hydrogens is 196 g/mol. The number of hydrogen-bond acceptors (Lipinski definition) is 3. The minimum absolute atomic E-state index is 0.0156. The van der Waals surface area contributed by atoms with Crippen LogP contribution in [0.5, 0.6) is 0 Å². The van der Waals surface area contributed by atoms with Crippen LogP contribution >= 0.6 is 15.9 Å². The van der Waals surface area contributed by atoms with E-state index in [4.69, 9.17) is 10.8 Å². The van der Waals surface area contributed by atoms with Crippen molar-refractivity contribution in [3.05, 3.63) is 22.0 Å². The van der Waals surface area contributed by atoms with Gasteiger partial charge in [0.25, 0.3) is 0 Å². The lowest BCUT2D eigenvalue weighted by molar-refractivity contribution is 0.326. The van der Waals surface area contributed by atoms with E-state index in [0.29, 0.717) is 12.2 Å². The first-order valence-electron chi connectivity index (χ1n) is 2.93. The summed E-state index contributed by atoms with van der Waals surface area (Å²) in [6, 6.07) is 0. The Kier molecular flexibility index (Phi) is 2.34. The van der Waals surface area contributed by atoms with E-state index in [1.807, 2.05) is 0 Å². The van der Waals surface area contributed by atoms with Gasteiger partial charge in [0.15, 0.2) is 0 Å². The molecule has 56 valence electrons. The van der Waals surface area contributed by atoms with E-state index in [9.17, 15) is 0 Å². The van der Waals surface area contributed by atoms with Gasteiger partial charge in [0.1, 0.15) is 0 Å². The van der Waals surface area contributed by atoms with Gasteiger partial charge in [0, 0.05) is 12.7 Å². The summed E-state index contributed by atoms with van der Waals surface area (Å²) in [5.74, 6) is 0. The van der Waals surface area contributed by atoms with Crippen LogP contribution in [0.15, 0.2) is 22.0 Å². The van der Waals surface area contributed by atoms with E-state index >= 15 is 0 Å². The average Bonchev–Trinajstić information content (AvgIpc) is 1.95. The van der Waals surface area contributed by atoms with E-state index < -0.39 is 0 Å². The van der Waals surface area contributed by atoms with Crippen LogP contribution in [-0.4, -0.2) is 18.3 Å². The molecule has 0 fully saturated rings. The smallest absolute Gasteiger partial charge is 0.0682 e. The van der Waals surface area contributed by atoms with Crippen molar-refractivity contribution in [1.82, 2.24) is 5.32 Å². The molecule has 0 aromatic heterocycles. The second-order valence-electron chi connectivity index (χ2n) is 2.05. The zero-order valence-corrected chi connectivity index (χ0v) is 6.98. The predicted molar refractivity (Wildman–Crippen MR) is 43.3 cm³/mol. The molecule has 1 aliphatic heterocycles. The van der Waals surface area contributed by atoms with Crippen LogP contribution in [0.1, 0.15) is 0 Å². The SMILES string of the molecule is NC1=C(CO)CNC=C1Br. The molecule has 0 spiro atoms. The second-order valence-corrected chi connectivity index (χ2v) is 2.90. The fourth-order valence-corrected chi connectivity index (χ4v) is 1.19. The monoisotopic (exact) mass is 204 g/mol. The van der Waals surface area contributed by atoms with Gasteiger partial charge in [-0.2, -0.15) is 0 Å². The zero-order chi connectivity index (χ0) is 7.56. The van der Waals surface area contributed by atoms with Gasteiger partial charge < -0.3 is 16.2 Å². The maximum Gasteiger partial charge on any atom is 0.0682 e. The summed E-state index contributed by atoms with van der Waals surface area (Å²) < 4.78 is 0.808.